The van der Waals surface area contributed by atoms with Crippen LogP contribution in [-0.4, -0.2) is 18.3 Å². The third-order valence-electron chi connectivity index (χ3n) is 7.31. The summed E-state index contributed by atoms with van der Waals surface area (Å²) in [6, 6.07) is 31.6. The summed E-state index contributed by atoms with van der Waals surface area (Å²) in [4.78, 5) is 0. The van der Waals surface area contributed by atoms with Gasteiger partial charge in [0.25, 0.3) is 0 Å². The van der Waals surface area contributed by atoms with Crippen LogP contribution in [0.2, 0.25) is 0 Å². The topological polar surface area (TPSA) is 31.6 Å². The molecule has 1 saturated heterocycles. The van der Waals surface area contributed by atoms with E-state index in [0.29, 0.717) is 0 Å². The number of benzene rings is 4. The van der Waals surface area contributed by atoms with E-state index in [1.807, 2.05) is 18.2 Å². The number of furan rings is 1. The lowest BCUT2D eigenvalue weighted by Crippen LogP contribution is -2.41. The van der Waals surface area contributed by atoms with Crippen molar-refractivity contribution in [3.05, 3.63) is 91.0 Å². The molecule has 1 aliphatic heterocycles. The quantitative estimate of drug-likeness (QED) is 0.274. The lowest BCUT2D eigenvalue weighted by molar-refractivity contribution is 0.00578. The van der Waals surface area contributed by atoms with Gasteiger partial charge in [-0.2, -0.15) is 0 Å². The molecule has 4 aromatic carbocycles. The lowest BCUT2D eigenvalue weighted by atomic mass is 9.78. The summed E-state index contributed by atoms with van der Waals surface area (Å²) < 4.78 is 19.0. The van der Waals surface area contributed by atoms with E-state index < -0.39 is 7.12 Å². The van der Waals surface area contributed by atoms with Gasteiger partial charge in [0.1, 0.15) is 11.2 Å². The number of hydrogen-bond acceptors (Lipinski definition) is 3. The Bertz CT molecular complexity index is 1500. The minimum Gasteiger partial charge on any atom is -0.455 e. The van der Waals surface area contributed by atoms with Crippen molar-refractivity contribution in [3.8, 4) is 22.3 Å². The predicted molar refractivity (Wildman–Crippen MR) is 140 cm³/mol. The SMILES string of the molecule is CC1(C)OB(c2cccc(-c3cc(-c4ccccc4)cc4c3oc3ccccc34)c2)OC1(C)C. The summed E-state index contributed by atoms with van der Waals surface area (Å²) in [5.74, 6) is 0. The highest BCUT2D eigenvalue weighted by molar-refractivity contribution is 6.62. The summed E-state index contributed by atoms with van der Waals surface area (Å²) >= 11 is 0. The molecule has 0 bridgehead atoms. The van der Waals surface area contributed by atoms with Crippen LogP contribution in [0, 0.1) is 0 Å². The first-order chi connectivity index (χ1) is 16.3. The van der Waals surface area contributed by atoms with Crippen molar-refractivity contribution in [2.75, 3.05) is 0 Å². The Labute approximate surface area is 200 Å². The molecule has 5 aromatic rings. The fourth-order valence-electron chi connectivity index (χ4n) is 4.67. The van der Waals surface area contributed by atoms with E-state index in [0.717, 1.165) is 44.1 Å². The molecule has 0 N–H and O–H groups in total. The molecular formula is C30H27BO3. The summed E-state index contributed by atoms with van der Waals surface area (Å²) in [6.07, 6.45) is 0. The minimum atomic E-state index is -0.409. The van der Waals surface area contributed by atoms with Crippen molar-refractivity contribution < 1.29 is 13.7 Å². The van der Waals surface area contributed by atoms with Gasteiger partial charge < -0.3 is 13.7 Å². The molecule has 0 saturated carbocycles. The third kappa shape index (κ3) is 3.37. The van der Waals surface area contributed by atoms with E-state index in [1.165, 1.54) is 5.56 Å². The van der Waals surface area contributed by atoms with E-state index in [9.17, 15) is 0 Å². The van der Waals surface area contributed by atoms with Crippen LogP contribution in [0.1, 0.15) is 27.7 Å². The second-order valence-electron chi connectivity index (χ2n) is 10.1. The Hall–Kier alpha value is -3.34. The molecule has 34 heavy (non-hydrogen) atoms. The van der Waals surface area contributed by atoms with Crippen LogP contribution < -0.4 is 5.46 Å². The summed E-state index contributed by atoms with van der Waals surface area (Å²) in [5, 5.41) is 2.24. The lowest BCUT2D eigenvalue weighted by Gasteiger charge is -2.32. The van der Waals surface area contributed by atoms with E-state index in [1.54, 1.807) is 0 Å². The second-order valence-corrected chi connectivity index (χ2v) is 10.1. The van der Waals surface area contributed by atoms with Crippen LogP contribution in [0.25, 0.3) is 44.2 Å². The van der Waals surface area contributed by atoms with E-state index in [4.69, 9.17) is 13.7 Å². The second kappa shape index (κ2) is 7.59. The zero-order chi connectivity index (χ0) is 23.5. The monoisotopic (exact) mass is 446 g/mol. The van der Waals surface area contributed by atoms with Gasteiger partial charge in [0.05, 0.1) is 11.2 Å². The molecule has 0 aliphatic carbocycles. The van der Waals surface area contributed by atoms with Gasteiger partial charge >= 0.3 is 7.12 Å². The highest BCUT2D eigenvalue weighted by Gasteiger charge is 2.51. The molecule has 1 aromatic heterocycles. The van der Waals surface area contributed by atoms with Crippen molar-refractivity contribution in [2.24, 2.45) is 0 Å². The highest BCUT2D eigenvalue weighted by atomic mass is 16.7. The van der Waals surface area contributed by atoms with Crippen LogP contribution >= 0.6 is 0 Å². The normalized spacial score (nSPS) is 17.0. The Morgan fingerprint density at radius 3 is 2.03 bits per heavy atom. The first-order valence-electron chi connectivity index (χ1n) is 11.8. The van der Waals surface area contributed by atoms with E-state index in [2.05, 4.69) is 100 Å². The Morgan fingerprint density at radius 2 is 1.26 bits per heavy atom. The largest absolute Gasteiger partial charge is 0.494 e. The minimum absolute atomic E-state index is 0.382. The molecular weight excluding hydrogens is 419 g/mol. The summed E-state index contributed by atoms with van der Waals surface area (Å²) in [5.41, 5.74) is 6.51. The van der Waals surface area contributed by atoms with Gasteiger partial charge in [-0.3, -0.25) is 0 Å². The van der Waals surface area contributed by atoms with Crippen LogP contribution in [0.4, 0.5) is 0 Å². The average Bonchev–Trinajstić information content (AvgIpc) is 3.32. The highest BCUT2D eigenvalue weighted by Crippen LogP contribution is 2.40. The van der Waals surface area contributed by atoms with Gasteiger partial charge in [-0.05, 0) is 68.0 Å². The molecule has 2 heterocycles. The third-order valence-corrected chi connectivity index (χ3v) is 7.31. The van der Waals surface area contributed by atoms with E-state index >= 15 is 0 Å². The fraction of sp³-hybridized carbons (Fsp3) is 0.200. The molecule has 1 aliphatic rings. The first kappa shape index (κ1) is 21.2. The average molecular weight is 446 g/mol. The van der Waals surface area contributed by atoms with Crippen LogP contribution in [0.15, 0.2) is 95.4 Å². The Morgan fingerprint density at radius 1 is 0.588 bits per heavy atom. The van der Waals surface area contributed by atoms with Crippen molar-refractivity contribution in [1.82, 2.24) is 0 Å². The molecule has 4 heteroatoms. The molecule has 0 atom stereocenters. The standard InChI is InChI=1S/C30H27BO3/c1-29(2)30(3,4)34-31(33-29)23-14-10-13-21(17-23)25-18-22(20-11-6-5-7-12-20)19-26-24-15-8-9-16-27(24)32-28(25)26/h5-19H,1-4H3. The van der Waals surface area contributed by atoms with Gasteiger partial charge in [0.15, 0.2) is 0 Å². The molecule has 0 amide bonds. The molecule has 1 fully saturated rings. The maximum absolute atomic E-state index is 6.40. The van der Waals surface area contributed by atoms with Crippen LogP contribution in [-0.2, 0) is 9.31 Å². The Balaban J connectivity index is 1.54. The number of hydrogen-bond donors (Lipinski definition) is 0. The van der Waals surface area contributed by atoms with Gasteiger partial charge in [-0.15, -0.1) is 0 Å². The number of fused-ring (bicyclic) bond motifs is 3. The van der Waals surface area contributed by atoms with Crippen molar-refractivity contribution in [1.29, 1.82) is 0 Å². The fourth-order valence-corrected chi connectivity index (χ4v) is 4.67. The zero-order valence-electron chi connectivity index (χ0n) is 20.0. The summed E-state index contributed by atoms with van der Waals surface area (Å²) in [7, 11) is -0.409. The molecule has 0 unspecified atom stereocenters. The zero-order valence-corrected chi connectivity index (χ0v) is 20.0. The first-order valence-corrected chi connectivity index (χ1v) is 11.8. The molecule has 3 nitrogen and oxygen atoms in total. The number of rotatable bonds is 3. The smallest absolute Gasteiger partial charge is 0.455 e. The maximum atomic E-state index is 6.40. The van der Waals surface area contributed by atoms with Crippen LogP contribution in [0.5, 0.6) is 0 Å². The van der Waals surface area contributed by atoms with Crippen molar-refractivity contribution >= 4 is 34.5 Å². The van der Waals surface area contributed by atoms with Crippen molar-refractivity contribution in [3.63, 3.8) is 0 Å². The molecule has 0 spiro atoms. The van der Waals surface area contributed by atoms with Crippen LogP contribution in [0.3, 0.4) is 0 Å². The van der Waals surface area contributed by atoms with Gasteiger partial charge in [-0.25, -0.2) is 0 Å². The number of para-hydroxylation sites is 1. The molecule has 0 radical (unpaired) electrons. The molecule has 168 valence electrons. The molecule has 6 rings (SSSR count). The van der Waals surface area contributed by atoms with Gasteiger partial charge in [0, 0.05) is 16.3 Å². The predicted octanol–water partition coefficient (Wildman–Crippen LogP) is 7.22. The van der Waals surface area contributed by atoms with Crippen molar-refractivity contribution in [2.45, 2.75) is 38.9 Å². The Kier molecular flexibility index (Phi) is 4.74. The van der Waals surface area contributed by atoms with Gasteiger partial charge in [-0.1, -0.05) is 72.8 Å². The summed E-state index contributed by atoms with van der Waals surface area (Å²) in [6.45, 7) is 8.33. The van der Waals surface area contributed by atoms with E-state index in [-0.39, 0.29) is 11.2 Å². The maximum Gasteiger partial charge on any atom is 0.494 e. The van der Waals surface area contributed by atoms with Gasteiger partial charge in [0.2, 0.25) is 0 Å².